The van der Waals surface area contributed by atoms with Crippen LogP contribution in [0, 0.1) is 0 Å². The molecule has 2 N–H and O–H groups in total. The average Bonchev–Trinajstić information content (AvgIpc) is 2.89. The van der Waals surface area contributed by atoms with Crippen molar-refractivity contribution in [2.75, 3.05) is 20.3 Å². The van der Waals surface area contributed by atoms with E-state index in [1.54, 1.807) is 7.11 Å². The first kappa shape index (κ1) is 18.4. The topological polar surface area (TPSA) is 85.2 Å². The fourth-order valence-electron chi connectivity index (χ4n) is 2.80. The Morgan fingerprint density at radius 1 is 1.25 bits per heavy atom. The van der Waals surface area contributed by atoms with Crippen LogP contribution in [0.1, 0.15) is 66.8 Å². The number of nitrogens with one attached hydrogen (secondary N) is 2. The van der Waals surface area contributed by atoms with E-state index in [2.05, 4.69) is 15.6 Å². The number of fused-ring (bicyclic) bond motifs is 1. The Morgan fingerprint density at radius 3 is 2.67 bits per heavy atom. The van der Waals surface area contributed by atoms with Crippen LogP contribution in [0.3, 0.4) is 0 Å². The molecular formula is C17H28N4O3. The Kier molecular flexibility index (Phi) is 5.99. The van der Waals surface area contributed by atoms with Gasteiger partial charge in [0.25, 0.3) is 11.8 Å². The highest BCUT2D eigenvalue weighted by atomic mass is 16.5. The lowest BCUT2D eigenvalue weighted by Crippen LogP contribution is -2.41. The van der Waals surface area contributed by atoms with Crippen molar-refractivity contribution in [3.8, 4) is 0 Å². The summed E-state index contributed by atoms with van der Waals surface area (Å²) in [5, 5.41) is 5.79. The maximum atomic E-state index is 12.5. The highest BCUT2D eigenvalue weighted by Gasteiger charge is 2.28. The number of nitrogens with zero attached hydrogens (tertiary/aromatic N) is 2. The van der Waals surface area contributed by atoms with Gasteiger partial charge in [-0.05, 0) is 46.5 Å². The smallest absolute Gasteiger partial charge is 0.287 e. The zero-order valence-electron chi connectivity index (χ0n) is 15.1. The van der Waals surface area contributed by atoms with Crippen LogP contribution in [-0.2, 0) is 17.7 Å². The summed E-state index contributed by atoms with van der Waals surface area (Å²) >= 11 is 0. The van der Waals surface area contributed by atoms with Crippen molar-refractivity contribution in [3.63, 3.8) is 0 Å². The zero-order valence-corrected chi connectivity index (χ0v) is 15.1. The predicted octanol–water partition coefficient (Wildman–Crippen LogP) is 1.51. The molecule has 0 unspecified atom stereocenters. The van der Waals surface area contributed by atoms with Crippen LogP contribution in [0.4, 0.5) is 0 Å². The summed E-state index contributed by atoms with van der Waals surface area (Å²) in [6, 6.07) is 0. The van der Waals surface area contributed by atoms with E-state index in [1.807, 2.05) is 25.3 Å². The summed E-state index contributed by atoms with van der Waals surface area (Å²) in [4.78, 5) is 29.3. The molecule has 2 heterocycles. The quantitative estimate of drug-likeness (QED) is 0.771. The Bertz CT molecular complexity index is 602. The number of aromatic nitrogens is 2. The first-order valence-corrected chi connectivity index (χ1v) is 8.52. The molecule has 0 bridgehead atoms. The highest BCUT2D eigenvalue weighted by molar-refractivity contribution is 5.97. The van der Waals surface area contributed by atoms with Gasteiger partial charge in [-0.25, -0.2) is 4.98 Å². The van der Waals surface area contributed by atoms with E-state index in [1.165, 1.54) is 0 Å². The Labute approximate surface area is 143 Å². The van der Waals surface area contributed by atoms with E-state index < -0.39 is 0 Å². The van der Waals surface area contributed by atoms with Crippen LogP contribution in [0.5, 0.6) is 0 Å². The lowest BCUT2D eigenvalue weighted by atomic mass is 10.1. The van der Waals surface area contributed by atoms with Gasteiger partial charge in [-0.1, -0.05) is 0 Å². The van der Waals surface area contributed by atoms with Crippen LogP contribution in [-0.4, -0.2) is 47.2 Å². The lowest BCUT2D eigenvalue weighted by molar-refractivity contribution is 0.0913. The molecule has 1 aliphatic heterocycles. The number of carbonyl (C=O) groups excluding carboxylic acids is 2. The number of ether oxygens (including phenoxy) is 1. The highest BCUT2D eigenvalue weighted by Crippen LogP contribution is 2.21. The summed E-state index contributed by atoms with van der Waals surface area (Å²) in [5.41, 5.74) is 0.905. The van der Waals surface area contributed by atoms with E-state index >= 15 is 0 Å². The standard InChI is InChI=1S/C17H28N4O3/c1-17(2,3)20-15(22)13-12-8-5-6-10-21(12)14(19-13)16(23)18-9-7-11-24-4/h5-11H2,1-4H3,(H,18,23)(H,20,22). The fraction of sp³-hybridized carbons (Fsp3) is 0.706. The minimum atomic E-state index is -0.342. The molecule has 0 saturated carbocycles. The van der Waals surface area contributed by atoms with E-state index in [-0.39, 0.29) is 17.4 Å². The Balaban J connectivity index is 2.20. The maximum absolute atomic E-state index is 12.5. The number of hydrogen-bond donors (Lipinski definition) is 2. The van der Waals surface area contributed by atoms with Crippen molar-refractivity contribution < 1.29 is 14.3 Å². The van der Waals surface area contributed by atoms with Crippen molar-refractivity contribution in [2.24, 2.45) is 0 Å². The van der Waals surface area contributed by atoms with Gasteiger partial charge in [0.2, 0.25) is 0 Å². The molecular weight excluding hydrogens is 308 g/mol. The van der Waals surface area contributed by atoms with Gasteiger partial charge in [-0.3, -0.25) is 9.59 Å². The fourth-order valence-corrected chi connectivity index (χ4v) is 2.80. The van der Waals surface area contributed by atoms with Gasteiger partial charge in [-0.15, -0.1) is 0 Å². The molecule has 0 fully saturated rings. The molecule has 2 rings (SSSR count). The molecule has 0 spiro atoms. The second kappa shape index (κ2) is 7.79. The number of amides is 2. The lowest BCUT2D eigenvalue weighted by Gasteiger charge is -2.21. The van der Waals surface area contributed by atoms with E-state index in [9.17, 15) is 9.59 Å². The Morgan fingerprint density at radius 2 is 2.00 bits per heavy atom. The number of hydrogen-bond acceptors (Lipinski definition) is 4. The summed E-state index contributed by atoms with van der Waals surface area (Å²) < 4.78 is 6.87. The first-order valence-electron chi connectivity index (χ1n) is 8.52. The maximum Gasteiger partial charge on any atom is 0.287 e. The Hall–Kier alpha value is -1.89. The van der Waals surface area contributed by atoms with Crippen molar-refractivity contribution in [3.05, 3.63) is 17.2 Å². The third-order valence-corrected chi connectivity index (χ3v) is 3.84. The zero-order chi connectivity index (χ0) is 17.7. The molecule has 1 aromatic heterocycles. The van der Waals surface area contributed by atoms with Gasteiger partial charge in [-0.2, -0.15) is 0 Å². The van der Waals surface area contributed by atoms with Crippen molar-refractivity contribution in [2.45, 2.75) is 58.5 Å². The first-order chi connectivity index (χ1) is 11.3. The number of methoxy groups -OCH3 is 1. The van der Waals surface area contributed by atoms with E-state index in [4.69, 9.17) is 4.74 Å². The van der Waals surface area contributed by atoms with Gasteiger partial charge in [0.1, 0.15) is 5.69 Å². The largest absolute Gasteiger partial charge is 0.385 e. The van der Waals surface area contributed by atoms with Crippen LogP contribution < -0.4 is 10.6 Å². The van der Waals surface area contributed by atoms with Gasteiger partial charge in [0, 0.05) is 32.3 Å². The molecule has 7 nitrogen and oxygen atoms in total. The average molecular weight is 336 g/mol. The molecule has 0 radical (unpaired) electrons. The number of imidazole rings is 1. The molecule has 0 atom stereocenters. The molecule has 0 saturated heterocycles. The summed E-state index contributed by atoms with van der Waals surface area (Å²) in [6.07, 6.45) is 3.52. The SMILES string of the molecule is COCCCNC(=O)c1nc(C(=O)NC(C)(C)C)c2n1CCCC2. The normalized spacial score (nSPS) is 14.2. The van der Waals surface area contributed by atoms with Crippen LogP contribution in [0.15, 0.2) is 0 Å². The second-order valence-electron chi connectivity index (χ2n) is 7.15. The summed E-state index contributed by atoms with van der Waals surface area (Å²) in [7, 11) is 1.63. The van der Waals surface area contributed by atoms with Gasteiger partial charge >= 0.3 is 0 Å². The monoisotopic (exact) mass is 336 g/mol. The van der Waals surface area contributed by atoms with Gasteiger partial charge in [0.05, 0.1) is 5.69 Å². The van der Waals surface area contributed by atoms with Gasteiger partial charge in [0.15, 0.2) is 5.82 Å². The second-order valence-corrected chi connectivity index (χ2v) is 7.15. The van der Waals surface area contributed by atoms with Crippen LogP contribution in [0.2, 0.25) is 0 Å². The molecule has 0 aromatic carbocycles. The van der Waals surface area contributed by atoms with Crippen molar-refractivity contribution in [1.29, 1.82) is 0 Å². The molecule has 7 heteroatoms. The predicted molar refractivity (Wildman–Crippen MR) is 91.2 cm³/mol. The number of carbonyl (C=O) groups is 2. The third-order valence-electron chi connectivity index (χ3n) is 3.84. The molecule has 24 heavy (non-hydrogen) atoms. The molecule has 134 valence electrons. The minimum absolute atomic E-state index is 0.216. The van der Waals surface area contributed by atoms with Gasteiger partial charge < -0.3 is 19.9 Å². The molecule has 1 aromatic rings. The molecule has 1 aliphatic rings. The summed E-state index contributed by atoms with van der Waals surface area (Å²) in [6.45, 7) is 7.63. The minimum Gasteiger partial charge on any atom is -0.385 e. The van der Waals surface area contributed by atoms with Crippen molar-refractivity contribution in [1.82, 2.24) is 20.2 Å². The van der Waals surface area contributed by atoms with Crippen LogP contribution >= 0.6 is 0 Å². The summed E-state index contributed by atoms with van der Waals surface area (Å²) in [5.74, 6) is -0.114. The van der Waals surface area contributed by atoms with E-state index in [0.717, 1.165) is 37.9 Å². The number of rotatable bonds is 6. The molecule has 0 aliphatic carbocycles. The van der Waals surface area contributed by atoms with Crippen LogP contribution in [0.25, 0.3) is 0 Å². The van der Waals surface area contributed by atoms with E-state index in [0.29, 0.717) is 24.7 Å². The van der Waals surface area contributed by atoms with Crippen molar-refractivity contribution >= 4 is 11.8 Å². The molecule has 2 amide bonds. The third kappa shape index (κ3) is 4.56.